The van der Waals surface area contributed by atoms with E-state index < -0.39 is 0 Å². The number of guanidine groups is 1. The average Bonchev–Trinajstić information content (AvgIpc) is 2.69. The lowest BCUT2D eigenvalue weighted by Crippen LogP contribution is -2.36. The first-order valence-electron chi connectivity index (χ1n) is 9.17. The number of aryl methyl sites for hydroxylation is 3. The second-order valence-corrected chi connectivity index (χ2v) is 6.77. The van der Waals surface area contributed by atoms with Crippen LogP contribution in [-0.2, 0) is 6.54 Å². The van der Waals surface area contributed by atoms with Crippen LogP contribution in [-0.4, -0.2) is 16.9 Å². The molecule has 142 valence electrons. The van der Waals surface area contributed by atoms with Crippen molar-refractivity contribution in [2.75, 3.05) is 5.32 Å². The van der Waals surface area contributed by atoms with E-state index in [0.717, 1.165) is 27.9 Å². The molecule has 3 rings (SSSR count). The van der Waals surface area contributed by atoms with Crippen molar-refractivity contribution in [1.82, 2.24) is 10.3 Å². The van der Waals surface area contributed by atoms with Crippen LogP contribution < -0.4 is 10.6 Å². The van der Waals surface area contributed by atoms with Crippen molar-refractivity contribution in [3.8, 4) is 0 Å². The Labute approximate surface area is 165 Å². The number of nitrogens with zero attached hydrogens (tertiary/aromatic N) is 2. The van der Waals surface area contributed by atoms with Gasteiger partial charge in [-0.05, 0) is 79.4 Å². The van der Waals surface area contributed by atoms with Crippen LogP contribution in [0.5, 0.6) is 0 Å². The normalized spacial score (nSPS) is 11.2. The van der Waals surface area contributed by atoms with Crippen LogP contribution in [0.3, 0.4) is 0 Å². The number of aromatic nitrogens is 1. The largest absolute Gasteiger partial charge is 0.326 e. The van der Waals surface area contributed by atoms with Gasteiger partial charge in [0.1, 0.15) is 0 Å². The Balaban J connectivity index is 1.82. The Morgan fingerprint density at radius 2 is 1.75 bits per heavy atom. The molecule has 5 nitrogen and oxygen atoms in total. The summed E-state index contributed by atoms with van der Waals surface area (Å²) in [5, 5.41) is 6.12. The zero-order chi connectivity index (χ0) is 19.9. The molecule has 0 spiro atoms. The SMILES string of the molecule is Cc1cccc(NC(=NCc2ccncc2)NC(=O)c2ccc(C)c(C)c2)c1. The maximum Gasteiger partial charge on any atom is 0.257 e. The minimum atomic E-state index is -0.197. The van der Waals surface area contributed by atoms with Gasteiger partial charge in [0, 0.05) is 23.6 Å². The van der Waals surface area contributed by atoms with Gasteiger partial charge >= 0.3 is 0 Å². The number of hydrogen-bond acceptors (Lipinski definition) is 3. The maximum atomic E-state index is 12.7. The summed E-state index contributed by atoms with van der Waals surface area (Å²) in [5.41, 5.74) is 5.84. The smallest absolute Gasteiger partial charge is 0.257 e. The van der Waals surface area contributed by atoms with Gasteiger partial charge in [0.2, 0.25) is 5.96 Å². The molecule has 2 N–H and O–H groups in total. The van der Waals surface area contributed by atoms with E-state index in [1.54, 1.807) is 12.4 Å². The Bertz CT molecular complexity index is 996. The highest BCUT2D eigenvalue weighted by molar-refractivity contribution is 6.10. The van der Waals surface area contributed by atoms with E-state index in [9.17, 15) is 4.79 Å². The standard InChI is InChI=1S/C23H24N4O/c1-16-5-4-6-21(13-16)26-23(25-15-19-9-11-24-12-10-19)27-22(28)20-8-7-17(2)18(3)14-20/h4-14H,15H2,1-3H3,(H2,25,26,27,28). The molecule has 0 bridgehead atoms. The molecule has 1 aromatic heterocycles. The topological polar surface area (TPSA) is 66.4 Å². The average molecular weight is 372 g/mol. The molecular weight excluding hydrogens is 348 g/mol. The third-order valence-electron chi connectivity index (χ3n) is 4.45. The number of carbonyl (C=O) groups is 1. The number of anilines is 1. The van der Waals surface area contributed by atoms with Crippen molar-refractivity contribution in [2.24, 2.45) is 4.99 Å². The number of benzene rings is 2. The first-order chi connectivity index (χ1) is 13.5. The van der Waals surface area contributed by atoms with E-state index in [2.05, 4.69) is 20.6 Å². The van der Waals surface area contributed by atoms with Gasteiger partial charge in [-0.3, -0.25) is 15.1 Å². The first-order valence-corrected chi connectivity index (χ1v) is 9.17. The van der Waals surface area contributed by atoms with Gasteiger partial charge in [-0.25, -0.2) is 4.99 Å². The predicted molar refractivity (Wildman–Crippen MR) is 114 cm³/mol. The van der Waals surface area contributed by atoms with Gasteiger partial charge < -0.3 is 5.32 Å². The van der Waals surface area contributed by atoms with Crippen molar-refractivity contribution < 1.29 is 4.79 Å². The Hall–Kier alpha value is -3.47. The zero-order valence-corrected chi connectivity index (χ0v) is 16.4. The van der Waals surface area contributed by atoms with Gasteiger partial charge in [0.05, 0.1) is 6.54 Å². The van der Waals surface area contributed by atoms with Gasteiger partial charge in [-0.1, -0.05) is 18.2 Å². The predicted octanol–water partition coefficient (Wildman–Crippen LogP) is 4.40. The third-order valence-corrected chi connectivity index (χ3v) is 4.45. The van der Waals surface area contributed by atoms with Crippen LogP contribution in [0.1, 0.15) is 32.6 Å². The van der Waals surface area contributed by atoms with Crippen LogP contribution in [0, 0.1) is 20.8 Å². The van der Waals surface area contributed by atoms with Gasteiger partial charge in [-0.15, -0.1) is 0 Å². The minimum Gasteiger partial charge on any atom is -0.326 e. The Morgan fingerprint density at radius 1 is 0.964 bits per heavy atom. The quantitative estimate of drug-likeness (QED) is 0.527. The molecule has 0 aliphatic heterocycles. The minimum absolute atomic E-state index is 0.197. The van der Waals surface area contributed by atoms with E-state index in [4.69, 9.17) is 0 Å². The molecule has 0 aliphatic carbocycles. The molecule has 0 atom stereocenters. The number of pyridine rings is 1. The van der Waals surface area contributed by atoms with Crippen LogP contribution in [0.2, 0.25) is 0 Å². The molecule has 3 aromatic rings. The highest BCUT2D eigenvalue weighted by Crippen LogP contribution is 2.12. The molecule has 28 heavy (non-hydrogen) atoms. The Kier molecular flexibility index (Phi) is 6.17. The monoisotopic (exact) mass is 372 g/mol. The van der Waals surface area contributed by atoms with Crippen LogP contribution in [0.15, 0.2) is 72.0 Å². The number of hydrogen-bond donors (Lipinski definition) is 2. The fraction of sp³-hybridized carbons (Fsp3) is 0.174. The van der Waals surface area contributed by atoms with Crippen molar-refractivity contribution in [1.29, 1.82) is 0 Å². The number of carbonyl (C=O) groups excluding carboxylic acids is 1. The second kappa shape index (κ2) is 8.95. The molecule has 1 heterocycles. The molecule has 0 aliphatic rings. The van der Waals surface area contributed by atoms with Crippen molar-refractivity contribution in [3.63, 3.8) is 0 Å². The molecule has 0 saturated carbocycles. The summed E-state index contributed by atoms with van der Waals surface area (Å²) in [6, 6.07) is 17.4. The summed E-state index contributed by atoms with van der Waals surface area (Å²) in [6.07, 6.45) is 3.46. The Morgan fingerprint density at radius 3 is 2.46 bits per heavy atom. The van der Waals surface area contributed by atoms with Crippen LogP contribution >= 0.6 is 0 Å². The van der Waals surface area contributed by atoms with E-state index in [1.165, 1.54) is 0 Å². The number of nitrogens with one attached hydrogen (secondary N) is 2. The first kappa shape index (κ1) is 19.3. The lowest BCUT2D eigenvalue weighted by Gasteiger charge is -2.13. The zero-order valence-electron chi connectivity index (χ0n) is 16.4. The number of rotatable bonds is 4. The van der Waals surface area contributed by atoms with E-state index in [0.29, 0.717) is 18.1 Å². The summed E-state index contributed by atoms with van der Waals surface area (Å²) >= 11 is 0. The summed E-state index contributed by atoms with van der Waals surface area (Å²) in [6.45, 7) is 6.48. The van der Waals surface area contributed by atoms with Crippen molar-refractivity contribution >= 4 is 17.6 Å². The fourth-order valence-corrected chi connectivity index (χ4v) is 2.69. The second-order valence-electron chi connectivity index (χ2n) is 6.77. The summed E-state index contributed by atoms with van der Waals surface area (Å²) in [5.74, 6) is 0.211. The summed E-state index contributed by atoms with van der Waals surface area (Å²) in [7, 11) is 0. The molecule has 0 saturated heterocycles. The lowest BCUT2D eigenvalue weighted by molar-refractivity contribution is 0.0977. The number of aliphatic imine (C=N–C) groups is 1. The maximum absolute atomic E-state index is 12.7. The van der Waals surface area contributed by atoms with Crippen LogP contribution in [0.4, 0.5) is 5.69 Å². The molecule has 5 heteroatoms. The van der Waals surface area contributed by atoms with Gasteiger partial charge in [0.15, 0.2) is 0 Å². The van der Waals surface area contributed by atoms with E-state index >= 15 is 0 Å². The number of amides is 1. The van der Waals surface area contributed by atoms with Gasteiger partial charge in [-0.2, -0.15) is 0 Å². The molecule has 0 radical (unpaired) electrons. The van der Waals surface area contributed by atoms with E-state index in [-0.39, 0.29) is 5.91 Å². The molecule has 0 fully saturated rings. The highest BCUT2D eigenvalue weighted by atomic mass is 16.1. The molecular formula is C23H24N4O. The third kappa shape index (κ3) is 5.27. The van der Waals surface area contributed by atoms with Gasteiger partial charge in [0.25, 0.3) is 5.91 Å². The van der Waals surface area contributed by atoms with Crippen molar-refractivity contribution in [3.05, 3.63) is 94.8 Å². The summed E-state index contributed by atoms with van der Waals surface area (Å²) in [4.78, 5) is 21.3. The fourth-order valence-electron chi connectivity index (χ4n) is 2.69. The highest BCUT2D eigenvalue weighted by Gasteiger charge is 2.10. The molecule has 1 amide bonds. The summed E-state index contributed by atoms with van der Waals surface area (Å²) < 4.78 is 0. The van der Waals surface area contributed by atoms with Crippen molar-refractivity contribution in [2.45, 2.75) is 27.3 Å². The lowest BCUT2D eigenvalue weighted by atomic mass is 10.1. The van der Waals surface area contributed by atoms with E-state index in [1.807, 2.05) is 75.4 Å². The molecule has 2 aromatic carbocycles. The molecule has 0 unspecified atom stereocenters. The van der Waals surface area contributed by atoms with Crippen LogP contribution in [0.25, 0.3) is 0 Å².